The number of benzene rings is 1. The smallest absolute Gasteiger partial charge is 0.307 e. The zero-order valence-electron chi connectivity index (χ0n) is 11.9. The molecule has 4 nitrogen and oxygen atoms in total. The molecule has 0 saturated heterocycles. The summed E-state index contributed by atoms with van der Waals surface area (Å²) in [5.74, 6) is 0.170. The van der Waals surface area contributed by atoms with E-state index in [1.807, 2.05) is 36.4 Å². The fourth-order valence-electron chi connectivity index (χ4n) is 2.62. The second-order valence-electron chi connectivity index (χ2n) is 5.55. The summed E-state index contributed by atoms with van der Waals surface area (Å²) in [6.45, 7) is 1.55. The zero-order chi connectivity index (χ0) is 14.7. The average molecular weight is 285 g/mol. The SMILES string of the molecule is O=C(O)Cc1ccccc1CN(Cc1ccco1)C1CC1. The number of furan rings is 1. The Bertz CT molecular complexity index is 602. The largest absolute Gasteiger partial charge is 0.481 e. The minimum absolute atomic E-state index is 0.0788. The molecular weight excluding hydrogens is 266 g/mol. The fraction of sp³-hybridized carbons (Fsp3) is 0.353. The van der Waals surface area contributed by atoms with Crippen LogP contribution >= 0.6 is 0 Å². The van der Waals surface area contributed by atoms with Crippen LogP contribution in [0.3, 0.4) is 0 Å². The van der Waals surface area contributed by atoms with Gasteiger partial charge >= 0.3 is 5.97 Å². The second-order valence-corrected chi connectivity index (χ2v) is 5.55. The summed E-state index contributed by atoms with van der Waals surface area (Å²) >= 11 is 0. The van der Waals surface area contributed by atoms with Crippen molar-refractivity contribution in [2.75, 3.05) is 0 Å². The molecule has 1 heterocycles. The normalized spacial score (nSPS) is 14.5. The highest BCUT2D eigenvalue weighted by Gasteiger charge is 2.29. The highest BCUT2D eigenvalue weighted by molar-refractivity contribution is 5.70. The van der Waals surface area contributed by atoms with Crippen LogP contribution in [0.4, 0.5) is 0 Å². The van der Waals surface area contributed by atoms with Gasteiger partial charge in [0.2, 0.25) is 0 Å². The van der Waals surface area contributed by atoms with Crippen molar-refractivity contribution in [1.82, 2.24) is 4.90 Å². The van der Waals surface area contributed by atoms with Crippen molar-refractivity contribution in [3.63, 3.8) is 0 Å². The van der Waals surface area contributed by atoms with Gasteiger partial charge < -0.3 is 9.52 Å². The van der Waals surface area contributed by atoms with Crippen LogP contribution in [0.1, 0.15) is 29.7 Å². The Kier molecular flexibility index (Phi) is 4.06. The van der Waals surface area contributed by atoms with E-state index in [4.69, 9.17) is 9.52 Å². The molecule has 1 aromatic heterocycles. The van der Waals surface area contributed by atoms with Crippen molar-refractivity contribution in [2.45, 2.75) is 38.4 Å². The van der Waals surface area contributed by atoms with E-state index in [0.29, 0.717) is 6.04 Å². The van der Waals surface area contributed by atoms with Gasteiger partial charge in [-0.3, -0.25) is 9.69 Å². The van der Waals surface area contributed by atoms with E-state index >= 15 is 0 Å². The lowest BCUT2D eigenvalue weighted by atomic mass is 10.0. The van der Waals surface area contributed by atoms with Crippen LogP contribution < -0.4 is 0 Å². The van der Waals surface area contributed by atoms with Crippen molar-refractivity contribution in [3.05, 3.63) is 59.5 Å². The van der Waals surface area contributed by atoms with E-state index in [2.05, 4.69) is 4.90 Å². The number of carbonyl (C=O) groups is 1. The lowest BCUT2D eigenvalue weighted by Crippen LogP contribution is -2.25. The average Bonchev–Trinajstić information content (AvgIpc) is 3.18. The first kappa shape index (κ1) is 13.9. The molecule has 0 bridgehead atoms. The van der Waals surface area contributed by atoms with Gasteiger partial charge in [-0.15, -0.1) is 0 Å². The van der Waals surface area contributed by atoms with Crippen LogP contribution in [0.5, 0.6) is 0 Å². The Morgan fingerprint density at radius 2 is 1.90 bits per heavy atom. The van der Waals surface area contributed by atoms with Crippen LogP contribution in [0.15, 0.2) is 47.1 Å². The molecule has 110 valence electrons. The van der Waals surface area contributed by atoms with Gasteiger partial charge in [0.1, 0.15) is 5.76 Å². The molecule has 2 aromatic rings. The number of hydrogen-bond acceptors (Lipinski definition) is 3. The molecule has 0 spiro atoms. The first-order valence-electron chi connectivity index (χ1n) is 7.27. The van der Waals surface area contributed by atoms with Crippen LogP contribution in [-0.2, 0) is 24.3 Å². The number of carboxylic acids is 1. The van der Waals surface area contributed by atoms with Crippen LogP contribution in [0, 0.1) is 0 Å². The van der Waals surface area contributed by atoms with Gasteiger partial charge in [-0.25, -0.2) is 0 Å². The Balaban J connectivity index is 1.75. The number of aliphatic carboxylic acids is 1. The molecule has 21 heavy (non-hydrogen) atoms. The van der Waals surface area contributed by atoms with E-state index < -0.39 is 5.97 Å². The Labute approximate surface area is 124 Å². The van der Waals surface area contributed by atoms with E-state index in [-0.39, 0.29) is 6.42 Å². The molecule has 4 heteroatoms. The maximum Gasteiger partial charge on any atom is 0.307 e. The minimum atomic E-state index is -0.786. The highest BCUT2D eigenvalue weighted by atomic mass is 16.4. The fourth-order valence-corrected chi connectivity index (χ4v) is 2.62. The molecule has 0 unspecified atom stereocenters. The van der Waals surface area contributed by atoms with Crippen molar-refractivity contribution < 1.29 is 14.3 Å². The third-order valence-corrected chi connectivity index (χ3v) is 3.84. The van der Waals surface area contributed by atoms with Crippen LogP contribution in [0.2, 0.25) is 0 Å². The molecule has 3 rings (SSSR count). The monoisotopic (exact) mass is 285 g/mol. The number of nitrogens with zero attached hydrogens (tertiary/aromatic N) is 1. The van der Waals surface area contributed by atoms with E-state index in [0.717, 1.165) is 30.0 Å². The van der Waals surface area contributed by atoms with Crippen molar-refractivity contribution in [2.24, 2.45) is 0 Å². The van der Waals surface area contributed by atoms with Gasteiger partial charge in [-0.2, -0.15) is 0 Å². The molecule has 1 saturated carbocycles. The third kappa shape index (κ3) is 3.73. The van der Waals surface area contributed by atoms with Crippen LogP contribution in [-0.4, -0.2) is 22.0 Å². The Hall–Kier alpha value is -2.07. The lowest BCUT2D eigenvalue weighted by Gasteiger charge is -2.22. The number of rotatable bonds is 7. The summed E-state index contributed by atoms with van der Waals surface area (Å²) in [4.78, 5) is 13.4. The topological polar surface area (TPSA) is 53.7 Å². The van der Waals surface area contributed by atoms with Crippen LogP contribution in [0.25, 0.3) is 0 Å². The maximum atomic E-state index is 11.0. The van der Waals surface area contributed by atoms with Gasteiger partial charge in [0.25, 0.3) is 0 Å². The summed E-state index contributed by atoms with van der Waals surface area (Å²) < 4.78 is 5.44. The first-order valence-corrected chi connectivity index (χ1v) is 7.27. The minimum Gasteiger partial charge on any atom is -0.481 e. The Morgan fingerprint density at radius 3 is 2.52 bits per heavy atom. The predicted molar refractivity (Wildman–Crippen MR) is 78.8 cm³/mol. The zero-order valence-corrected chi connectivity index (χ0v) is 11.9. The Morgan fingerprint density at radius 1 is 1.14 bits per heavy atom. The molecule has 0 radical (unpaired) electrons. The van der Waals surface area contributed by atoms with E-state index in [1.54, 1.807) is 6.26 Å². The predicted octanol–water partition coefficient (Wildman–Crippen LogP) is 3.07. The molecule has 1 fully saturated rings. The number of carboxylic acid groups (broad SMARTS) is 1. The summed E-state index contributed by atoms with van der Waals surface area (Å²) in [6, 6.07) is 12.3. The van der Waals surface area contributed by atoms with E-state index in [1.165, 1.54) is 12.8 Å². The van der Waals surface area contributed by atoms with Crippen molar-refractivity contribution in [3.8, 4) is 0 Å². The molecule has 0 aliphatic heterocycles. The summed E-state index contributed by atoms with van der Waals surface area (Å²) in [7, 11) is 0. The molecular formula is C17H19NO3. The molecule has 1 aliphatic rings. The van der Waals surface area contributed by atoms with Gasteiger partial charge in [0, 0.05) is 12.6 Å². The maximum absolute atomic E-state index is 11.0. The standard InChI is InChI=1S/C17H19NO3/c19-17(20)10-13-4-1-2-5-14(13)11-18(15-7-8-15)12-16-6-3-9-21-16/h1-6,9,15H,7-8,10-12H2,(H,19,20). The molecule has 0 atom stereocenters. The van der Waals surface area contributed by atoms with Gasteiger partial charge in [0.05, 0.1) is 19.2 Å². The quantitative estimate of drug-likeness (QED) is 0.849. The molecule has 1 N–H and O–H groups in total. The van der Waals surface area contributed by atoms with Crippen molar-refractivity contribution >= 4 is 5.97 Å². The lowest BCUT2D eigenvalue weighted by molar-refractivity contribution is -0.136. The summed E-state index contributed by atoms with van der Waals surface area (Å²) in [5.41, 5.74) is 1.99. The van der Waals surface area contributed by atoms with Gasteiger partial charge in [-0.05, 0) is 36.1 Å². The van der Waals surface area contributed by atoms with E-state index in [9.17, 15) is 4.79 Å². The summed E-state index contributed by atoms with van der Waals surface area (Å²) in [5, 5.41) is 9.03. The third-order valence-electron chi connectivity index (χ3n) is 3.84. The molecule has 1 aromatic carbocycles. The van der Waals surface area contributed by atoms with Gasteiger partial charge in [-0.1, -0.05) is 24.3 Å². The molecule has 1 aliphatic carbocycles. The number of hydrogen-bond donors (Lipinski definition) is 1. The van der Waals surface area contributed by atoms with Gasteiger partial charge in [0.15, 0.2) is 0 Å². The summed E-state index contributed by atoms with van der Waals surface area (Å²) in [6.07, 6.45) is 4.19. The second kappa shape index (κ2) is 6.14. The van der Waals surface area contributed by atoms with Crippen molar-refractivity contribution in [1.29, 1.82) is 0 Å². The highest BCUT2D eigenvalue weighted by Crippen LogP contribution is 2.30. The molecule has 0 amide bonds. The first-order chi connectivity index (χ1) is 10.2.